The van der Waals surface area contributed by atoms with Gasteiger partial charge in [0.1, 0.15) is 11.6 Å². The fourth-order valence-electron chi connectivity index (χ4n) is 3.92. The van der Waals surface area contributed by atoms with Gasteiger partial charge in [0.15, 0.2) is 0 Å². The molecule has 0 radical (unpaired) electrons. The predicted octanol–water partition coefficient (Wildman–Crippen LogP) is 5.44. The number of aromatic nitrogens is 4. The van der Waals surface area contributed by atoms with Crippen molar-refractivity contribution in [3.8, 4) is 33.6 Å². The first kappa shape index (κ1) is 23.0. The average Bonchev–Trinajstić information content (AvgIpc) is 3.50. The summed E-state index contributed by atoms with van der Waals surface area (Å²) >= 11 is 0. The number of rotatable bonds is 11. The van der Waals surface area contributed by atoms with Gasteiger partial charge in [-0.15, -0.1) is 0 Å². The van der Waals surface area contributed by atoms with E-state index < -0.39 is 0 Å². The minimum atomic E-state index is 0.768. The molecule has 0 aliphatic heterocycles. The summed E-state index contributed by atoms with van der Waals surface area (Å²) in [6.07, 6.45) is 6.21. The lowest BCUT2D eigenvalue weighted by molar-refractivity contribution is 0.655. The summed E-state index contributed by atoms with van der Waals surface area (Å²) in [5.41, 5.74) is 7.86. The summed E-state index contributed by atoms with van der Waals surface area (Å²) in [7, 11) is 0. The molecule has 33 heavy (non-hydrogen) atoms. The van der Waals surface area contributed by atoms with Gasteiger partial charge in [0.25, 0.3) is 0 Å². The second-order valence-corrected chi connectivity index (χ2v) is 8.43. The molecule has 0 fully saturated rings. The Morgan fingerprint density at radius 3 is 1.85 bits per heavy atom. The van der Waals surface area contributed by atoms with E-state index in [1.807, 2.05) is 12.4 Å². The van der Waals surface area contributed by atoms with Crippen LogP contribution < -0.4 is 10.6 Å². The lowest BCUT2D eigenvalue weighted by atomic mass is 9.97. The summed E-state index contributed by atoms with van der Waals surface area (Å²) < 4.78 is 0. The molecule has 0 unspecified atom stereocenters. The number of hydrogen-bond donors (Lipinski definition) is 4. The van der Waals surface area contributed by atoms with Crippen molar-refractivity contribution in [1.29, 1.82) is 0 Å². The third kappa shape index (κ3) is 5.78. The molecule has 0 saturated heterocycles. The highest BCUT2D eigenvalue weighted by Gasteiger charge is 2.09. The number of hydrogen-bond acceptors (Lipinski definition) is 4. The Labute approximate surface area is 196 Å². The number of benzene rings is 2. The molecule has 6 heteroatoms. The molecule has 4 aromatic rings. The number of nitrogens with one attached hydrogen (secondary N) is 4. The lowest BCUT2D eigenvalue weighted by Crippen LogP contribution is -2.14. The molecule has 0 aliphatic carbocycles. The monoisotopic (exact) mass is 442 g/mol. The molecule has 4 rings (SSSR count). The Morgan fingerprint density at radius 2 is 1.24 bits per heavy atom. The molecule has 172 valence electrons. The van der Waals surface area contributed by atoms with Gasteiger partial charge in [0, 0.05) is 23.5 Å². The second kappa shape index (κ2) is 11.1. The maximum Gasteiger partial charge on any atom is 0.120 e. The molecule has 2 aromatic heterocycles. The van der Waals surface area contributed by atoms with Crippen molar-refractivity contribution in [2.24, 2.45) is 0 Å². The Kier molecular flexibility index (Phi) is 7.70. The molecule has 2 aromatic carbocycles. The molecule has 0 amide bonds. The van der Waals surface area contributed by atoms with E-state index in [0.29, 0.717) is 0 Å². The van der Waals surface area contributed by atoms with Crippen LogP contribution in [-0.2, 0) is 13.1 Å². The van der Waals surface area contributed by atoms with Gasteiger partial charge in [-0.3, -0.25) is 0 Å². The number of imidazole rings is 2. The Morgan fingerprint density at radius 1 is 0.697 bits per heavy atom. The van der Waals surface area contributed by atoms with Crippen LogP contribution in [0.5, 0.6) is 0 Å². The van der Waals surface area contributed by atoms with Crippen LogP contribution >= 0.6 is 0 Å². The summed E-state index contributed by atoms with van der Waals surface area (Å²) in [5, 5.41) is 6.76. The van der Waals surface area contributed by atoms with Gasteiger partial charge in [-0.1, -0.05) is 56.3 Å². The van der Waals surface area contributed by atoms with Gasteiger partial charge in [-0.05, 0) is 49.5 Å². The zero-order valence-electron chi connectivity index (χ0n) is 19.8. The predicted molar refractivity (Wildman–Crippen MR) is 136 cm³/mol. The van der Waals surface area contributed by atoms with E-state index in [1.54, 1.807) is 0 Å². The molecule has 0 atom stereocenters. The summed E-state index contributed by atoms with van der Waals surface area (Å²) in [5.74, 6) is 1.94. The van der Waals surface area contributed by atoms with Crippen molar-refractivity contribution in [3.63, 3.8) is 0 Å². The SMILES string of the molecule is CCCNCc1nc(-c2ccc(-c3ccc(-c4c[nH]c(CNCCC)n4)c(C)c3)cc2)c[nH]1. The van der Waals surface area contributed by atoms with Crippen molar-refractivity contribution in [3.05, 3.63) is 72.1 Å². The van der Waals surface area contributed by atoms with Gasteiger partial charge in [0.2, 0.25) is 0 Å². The minimum absolute atomic E-state index is 0.768. The summed E-state index contributed by atoms with van der Waals surface area (Å²) in [6, 6.07) is 15.2. The van der Waals surface area contributed by atoms with Gasteiger partial charge in [0.05, 0.1) is 24.5 Å². The van der Waals surface area contributed by atoms with Gasteiger partial charge >= 0.3 is 0 Å². The Hall–Kier alpha value is -3.22. The molecule has 0 bridgehead atoms. The molecular weight excluding hydrogens is 408 g/mol. The van der Waals surface area contributed by atoms with Crippen LogP contribution in [0, 0.1) is 6.92 Å². The van der Waals surface area contributed by atoms with E-state index >= 15 is 0 Å². The van der Waals surface area contributed by atoms with E-state index in [0.717, 1.165) is 73.2 Å². The van der Waals surface area contributed by atoms with E-state index in [-0.39, 0.29) is 0 Å². The number of H-pyrrole nitrogens is 2. The Balaban J connectivity index is 1.45. The first-order valence-corrected chi connectivity index (χ1v) is 11.9. The highest BCUT2D eigenvalue weighted by atomic mass is 15.0. The van der Waals surface area contributed by atoms with Crippen LogP contribution in [0.2, 0.25) is 0 Å². The molecule has 4 N–H and O–H groups in total. The van der Waals surface area contributed by atoms with Crippen LogP contribution in [0.15, 0.2) is 54.9 Å². The van der Waals surface area contributed by atoms with E-state index in [9.17, 15) is 0 Å². The van der Waals surface area contributed by atoms with Crippen LogP contribution in [0.4, 0.5) is 0 Å². The van der Waals surface area contributed by atoms with E-state index in [4.69, 9.17) is 9.97 Å². The third-order valence-electron chi connectivity index (χ3n) is 5.72. The molecule has 0 aliphatic rings. The molecule has 2 heterocycles. The minimum Gasteiger partial charge on any atom is -0.347 e. The van der Waals surface area contributed by atoms with Crippen molar-refractivity contribution in [2.45, 2.75) is 46.7 Å². The van der Waals surface area contributed by atoms with Crippen LogP contribution in [0.25, 0.3) is 33.6 Å². The summed E-state index contributed by atoms with van der Waals surface area (Å²) in [6.45, 7) is 10.0. The van der Waals surface area contributed by atoms with E-state index in [1.165, 1.54) is 16.7 Å². The van der Waals surface area contributed by atoms with Crippen molar-refractivity contribution in [1.82, 2.24) is 30.6 Å². The topological polar surface area (TPSA) is 81.4 Å². The van der Waals surface area contributed by atoms with Crippen molar-refractivity contribution < 1.29 is 0 Å². The van der Waals surface area contributed by atoms with Gasteiger partial charge < -0.3 is 20.6 Å². The van der Waals surface area contributed by atoms with Gasteiger partial charge in [-0.25, -0.2) is 9.97 Å². The molecule has 0 saturated carbocycles. The number of aryl methyl sites for hydroxylation is 1. The molecular formula is C27H34N6. The zero-order chi connectivity index (χ0) is 23.0. The van der Waals surface area contributed by atoms with Gasteiger partial charge in [-0.2, -0.15) is 0 Å². The standard InChI is InChI=1S/C27H34N6/c1-4-12-28-17-26-30-15-24(32-26)21-8-6-20(7-9-21)22-10-11-23(19(3)14-22)25-16-31-27(33-25)18-29-13-5-2/h6-11,14-16,28-29H,4-5,12-13,17-18H2,1-3H3,(H,30,32)(H,31,33). The normalized spacial score (nSPS) is 11.2. The van der Waals surface area contributed by atoms with Crippen LogP contribution in [-0.4, -0.2) is 33.0 Å². The summed E-state index contributed by atoms with van der Waals surface area (Å²) in [4.78, 5) is 16.0. The van der Waals surface area contributed by atoms with E-state index in [2.05, 4.69) is 83.8 Å². The highest BCUT2D eigenvalue weighted by molar-refractivity contribution is 5.73. The zero-order valence-corrected chi connectivity index (χ0v) is 19.8. The molecule has 0 spiro atoms. The number of nitrogens with zero attached hydrogens (tertiary/aromatic N) is 2. The first-order chi connectivity index (χ1) is 16.2. The Bertz CT molecular complexity index is 1160. The highest BCUT2D eigenvalue weighted by Crippen LogP contribution is 2.29. The largest absolute Gasteiger partial charge is 0.347 e. The molecule has 6 nitrogen and oxygen atoms in total. The fourth-order valence-corrected chi connectivity index (χ4v) is 3.92. The fraction of sp³-hybridized carbons (Fsp3) is 0.333. The maximum atomic E-state index is 4.75. The number of aromatic amines is 2. The van der Waals surface area contributed by atoms with Crippen molar-refractivity contribution >= 4 is 0 Å². The lowest BCUT2D eigenvalue weighted by Gasteiger charge is -2.08. The second-order valence-electron chi connectivity index (χ2n) is 8.43. The third-order valence-corrected chi connectivity index (χ3v) is 5.72. The first-order valence-electron chi connectivity index (χ1n) is 11.9. The van der Waals surface area contributed by atoms with Crippen molar-refractivity contribution in [2.75, 3.05) is 13.1 Å². The average molecular weight is 443 g/mol. The quantitative estimate of drug-likeness (QED) is 0.233. The maximum absolute atomic E-state index is 4.75. The van der Waals surface area contributed by atoms with Crippen LogP contribution in [0.1, 0.15) is 43.9 Å². The van der Waals surface area contributed by atoms with Crippen LogP contribution in [0.3, 0.4) is 0 Å². The smallest absolute Gasteiger partial charge is 0.120 e.